The zero-order valence-corrected chi connectivity index (χ0v) is 13.9. The number of hydrogen-bond donors (Lipinski definition) is 1. The van der Waals surface area contributed by atoms with Crippen molar-refractivity contribution in [1.82, 2.24) is 35.1 Å². The van der Waals surface area contributed by atoms with Crippen LogP contribution in [0.1, 0.15) is 27.4 Å². The number of aryl methyl sites for hydroxylation is 2. The first-order valence-electron chi connectivity index (χ1n) is 7.67. The van der Waals surface area contributed by atoms with Crippen molar-refractivity contribution in [1.29, 1.82) is 0 Å². The molecule has 3 aromatic rings. The summed E-state index contributed by atoms with van der Waals surface area (Å²) in [5.41, 5.74) is 3.39. The van der Waals surface area contributed by atoms with E-state index in [1.165, 1.54) is 4.68 Å². The molecular weight excluding hydrogens is 306 g/mol. The summed E-state index contributed by atoms with van der Waals surface area (Å²) >= 11 is 0. The van der Waals surface area contributed by atoms with Crippen molar-refractivity contribution in [2.45, 2.75) is 20.3 Å². The number of aromatic nitrogens is 6. The molecule has 0 aromatic carbocycles. The Morgan fingerprint density at radius 1 is 1.29 bits per heavy atom. The predicted molar refractivity (Wildman–Crippen MR) is 87.9 cm³/mol. The lowest BCUT2D eigenvalue weighted by Crippen LogP contribution is -2.26. The summed E-state index contributed by atoms with van der Waals surface area (Å²) in [6, 6.07) is 5.72. The highest BCUT2D eigenvalue weighted by molar-refractivity contribution is 5.91. The molecule has 0 saturated heterocycles. The number of carbonyl (C=O) groups is 1. The van der Waals surface area contributed by atoms with Crippen LogP contribution in [0.15, 0.2) is 30.6 Å². The van der Waals surface area contributed by atoms with E-state index in [4.69, 9.17) is 0 Å². The van der Waals surface area contributed by atoms with Crippen molar-refractivity contribution in [3.63, 3.8) is 0 Å². The molecule has 1 amide bonds. The van der Waals surface area contributed by atoms with Gasteiger partial charge in [-0.05, 0) is 38.0 Å². The lowest BCUT2D eigenvalue weighted by atomic mass is 10.1. The fourth-order valence-corrected chi connectivity index (χ4v) is 2.58. The van der Waals surface area contributed by atoms with Crippen LogP contribution in [0.4, 0.5) is 0 Å². The fourth-order valence-electron chi connectivity index (χ4n) is 2.58. The van der Waals surface area contributed by atoms with Crippen LogP contribution >= 0.6 is 0 Å². The highest BCUT2D eigenvalue weighted by atomic mass is 16.2. The Morgan fingerprint density at radius 3 is 2.79 bits per heavy atom. The smallest absolute Gasteiger partial charge is 0.273 e. The molecule has 3 heterocycles. The van der Waals surface area contributed by atoms with Crippen LogP contribution in [-0.2, 0) is 13.5 Å². The third-order valence-electron chi connectivity index (χ3n) is 3.80. The molecule has 0 saturated carbocycles. The molecule has 3 aromatic heterocycles. The third kappa shape index (κ3) is 3.17. The Balaban J connectivity index is 1.68. The van der Waals surface area contributed by atoms with E-state index in [2.05, 4.69) is 25.7 Å². The van der Waals surface area contributed by atoms with E-state index in [1.54, 1.807) is 19.4 Å². The van der Waals surface area contributed by atoms with Gasteiger partial charge < -0.3 is 5.32 Å². The van der Waals surface area contributed by atoms with Crippen LogP contribution in [0.2, 0.25) is 0 Å². The topological polar surface area (TPSA) is 90.5 Å². The second-order valence-corrected chi connectivity index (χ2v) is 5.53. The quantitative estimate of drug-likeness (QED) is 0.755. The minimum Gasteiger partial charge on any atom is -0.350 e. The molecule has 3 rings (SSSR count). The van der Waals surface area contributed by atoms with Crippen LogP contribution in [0.3, 0.4) is 0 Å². The number of amides is 1. The van der Waals surface area contributed by atoms with E-state index < -0.39 is 0 Å². The van der Waals surface area contributed by atoms with E-state index in [-0.39, 0.29) is 5.91 Å². The number of pyridine rings is 1. The standard InChI is InChI=1S/C16H19N7O/c1-11-13(7-9-18-16(24)14-10-22(3)21-19-14)12(2)23(20-11)15-6-4-5-8-17-15/h4-6,8,10H,7,9H2,1-3H3,(H,18,24). The van der Waals surface area contributed by atoms with Crippen molar-refractivity contribution >= 4 is 5.91 Å². The molecule has 0 bridgehead atoms. The average Bonchev–Trinajstić information content (AvgIpc) is 3.13. The third-order valence-corrected chi connectivity index (χ3v) is 3.80. The Hall–Kier alpha value is -3.03. The summed E-state index contributed by atoms with van der Waals surface area (Å²) < 4.78 is 3.33. The maximum absolute atomic E-state index is 12.0. The van der Waals surface area contributed by atoms with Gasteiger partial charge in [-0.25, -0.2) is 9.67 Å². The van der Waals surface area contributed by atoms with Gasteiger partial charge in [-0.2, -0.15) is 5.10 Å². The van der Waals surface area contributed by atoms with Crippen molar-refractivity contribution < 1.29 is 4.79 Å². The molecule has 1 N–H and O–H groups in total. The van der Waals surface area contributed by atoms with Gasteiger partial charge in [-0.15, -0.1) is 5.10 Å². The molecule has 8 nitrogen and oxygen atoms in total. The van der Waals surface area contributed by atoms with Crippen LogP contribution in [0.25, 0.3) is 5.82 Å². The molecule has 24 heavy (non-hydrogen) atoms. The summed E-state index contributed by atoms with van der Waals surface area (Å²) in [6.45, 7) is 4.48. The minimum absolute atomic E-state index is 0.226. The van der Waals surface area contributed by atoms with Gasteiger partial charge in [-0.3, -0.25) is 9.48 Å². The SMILES string of the molecule is Cc1nn(-c2ccccn2)c(C)c1CCNC(=O)c1cn(C)nn1. The summed E-state index contributed by atoms with van der Waals surface area (Å²) in [4.78, 5) is 16.3. The summed E-state index contributed by atoms with van der Waals surface area (Å²) in [6.07, 6.45) is 4.02. The van der Waals surface area contributed by atoms with E-state index in [0.29, 0.717) is 18.7 Å². The fraction of sp³-hybridized carbons (Fsp3) is 0.312. The van der Waals surface area contributed by atoms with Crippen LogP contribution in [0, 0.1) is 13.8 Å². The van der Waals surface area contributed by atoms with E-state index in [1.807, 2.05) is 36.7 Å². The van der Waals surface area contributed by atoms with Crippen LogP contribution in [-0.4, -0.2) is 42.2 Å². The number of nitrogens with one attached hydrogen (secondary N) is 1. The number of rotatable bonds is 5. The first-order valence-corrected chi connectivity index (χ1v) is 7.67. The van der Waals surface area contributed by atoms with Gasteiger partial charge in [0.05, 0.1) is 11.9 Å². The van der Waals surface area contributed by atoms with Gasteiger partial charge >= 0.3 is 0 Å². The van der Waals surface area contributed by atoms with Crippen molar-refractivity contribution in [2.24, 2.45) is 7.05 Å². The van der Waals surface area contributed by atoms with E-state index >= 15 is 0 Å². The zero-order valence-electron chi connectivity index (χ0n) is 13.9. The van der Waals surface area contributed by atoms with Crippen molar-refractivity contribution in [3.8, 4) is 5.82 Å². The van der Waals surface area contributed by atoms with Crippen LogP contribution in [0.5, 0.6) is 0 Å². The highest BCUT2D eigenvalue weighted by Gasteiger charge is 2.14. The Kier molecular flexibility index (Phi) is 4.37. The van der Waals surface area contributed by atoms with E-state index in [0.717, 1.165) is 22.8 Å². The summed E-state index contributed by atoms with van der Waals surface area (Å²) in [5, 5.41) is 15.0. The zero-order chi connectivity index (χ0) is 17.1. The van der Waals surface area contributed by atoms with Gasteiger partial charge in [0.15, 0.2) is 11.5 Å². The van der Waals surface area contributed by atoms with Gasteiger partial charge in [-0.1, -0.05) is 11.3 Å². The Bertz CT molecular complexity index is 851. The monoisotopic (exact) mass is 325 g/mol. The van der Waals surface area contributed by atoms with Crippen molar-refractivity contribution in [3.05, 3.63) is 53.2 Å². The molecule has 0 fully saturated rings. The van der Waals surface area contributed by atoms with Gasteiger partial charge in [0.2, 0.25) is 0 Å². The second kappa shape index (κ2) is 6.61. The molecule has 0 atom stereocenters. The maximum atomic E-state index is 12.0. The largest absolute Gasteiger partial charge is 0.350 e. The number of carbonyl (C=O) groups excluding carboxylic acids is 1. The molecule has 0 spiro atoms. The first-order chi connectivity index (χ1) is 11.6. The highest BCUT2D eigenvalue weighted by Crippen LogP contribution is 2.16. The average molecular weight is 325 g/mol. The minimum atomic E-state index is -0.226. The first kappa shape index (κ1) is 15.9. The molecule has 8 heteroatoms. The van der Waals surface area contributed by atoms with Gasteiger partial charge in [0, 0.05) is 25.5 Å². The second-order valence-electron chi connectivity index (χ2n) is 5.53. The number of nitrogens with zero attached hydrogens (tertiary/aromatic N) is 6. The molecular formula is C16H19N7O. The molecule has 0 radical (unpaired) electrons. The Labute approximate surface area is 139 Å². The summed E-state index contributed by atoms with van der Waals surface area (Å²) in [7, 11) is 1.72. The van der Waals surface area contributed by atoms with E-state index in [9.17, 15) is 4.79 Å². The lowest BCUT2D eigenvalue weighted by Gasteiger charge is -2.05. The number of hydrogen-bond acceptors (Lipinski definition) is 5. The van der Waals surface area contributed by atoms with Crippen molar-refractivity contribution in [2.75, 3.05) is 6.54 Å². The maximum Gasteiger partial charge on any atom is 0.273 e. The molecule has 0 aliphatic carbocycles. The predicted octanol–water partition coefficient (Wildman–Crippen LogP) is 0.985. The van der Waals surface area contributed by atoms with Gasteiger partial charge in [0.1, 0.15) is 0 Å². The molecule has 0 aliphatic rings. The van der Waals surface area contributed by atoms with Gasteiger partial charge in [0.25, 0.3) is 5.91 Å². The summed E-state index contributed by atoms with van der Waals surface area (Å²) in [5.74, 6) is 0.559. The molecule has 0 unspecified atom stereocenters. The normalized spacial score (nSPS) is 10.8. The molecule has 124 valence electrons. The lowest BCUT2D eigenvalue weighted by molar-refractivity contribution is 0.0949. The molecule has 0 aliphatic heterocycles. The Morgan fingerprint density at radius 2 is 2.12 bits per heavy atom. The van der Waals surface area contributed by atoms with Crippen LogP contribution < -0.4 is 5.32 Å².